The van der Waals surface area contributed by atoms with Gasteiger partial charge < -0.3 is 10.1 Å². The fourth-order valence-electron chi connectivity index (χ4n) is 2.20. The van der Waals surface area contributed by atoms with Crippen LogP contribution in [-0.2, 0) is 13.6 Å². The van der Waals surface area contributed by atoms with Gasteiger partial charge in [-0.3, -0.25) is 4.68 Å². The van der Waals surface area contributed by atoms with Gasteiger partial charge in [0.1, 0.15) is 17.9 Å². The molecule has 0 saturated carbocycles. The highest BCUT2D eigenvalue weighted by Crippen LogP contribution is 2.19. The van der Waals surface area contributed by atoms with E-state index in [0.29, 0.717) is 13.2 Å². The number of hydrogen-bond donors (Lipinski definition) is 1. The summed E-state index contributed by atoms with van der Waals surface area (Å²) in [6.07, 6.45) is 3.32. The van der Waals surface area contributed by atoms with Crippen LogP contribution in [0.5, 0.6) is 5.75 Å². The number of aromatic nitrogens is 4. The van der Waals surface area contributed by atoms with Crippen LogP contribution in [-0.4, -0.2) is 26.4 Å². The van der Waals surface area contributed by atoms with Crippen molar-refractivity contribution in [3.8, 4) is 5.75 Å². The zero-order valence-electron chi connectivity index (χ0n) is 12.1. The molecule has 1 aromatic carbocycles. The van der Waals surface area contributed by atoms with E-state index in [2.05, 4.69) is 26.4 Å². The van der Waals surface area contributed by atoms with Gasteiger partial charge in [-0.25, -0.2) is 9.97 Å². The molecular weight excluding hydrogens is 266 g/mol. The van der Waals surface area contributed by atoms with Gasteiger partial charge in [-0.15, -0.1) is 0 Å². The monoisotopic (exact) mass is 283 g/mol. The highest BCUT2D eigenvalue weighted by atomic mass is 16.5. The van der Waals surface area contributed by atoms with E-state index in [1.54, 1.807) is 17.2 Å². The number of anilines is 1. The van der Waals surface area contributed by atoms with Gasteiger partial charge in [0.05, 0.1) is 18.2 Å². The van der Waals surface area contributed by atoms with Crippen molar-refractivity contribution in [3.63, 3.8) is 0 Å². The third kappa shape index (κ3) is 2.79. The molecule has 1 N–H and O–H groups in total. The fraction of sp³-hybridized carbons (Fsp3) is 0.267. The molecule has 0 spiro atoms. The van der Waals surface area contributed by atoms with Crippen LogP contribution in [0.3, 0.4) is 0 Å². The third-order valence-corrected chi connectivity index (χ3v) is 3.20. The molecule has 3 aromatic rings. The lowest BCUT2D eigenvalue weighted by atomic mass is 10.2. The zero-order valence-corrected chi connectivity index (χ0v) is 12.1. The Kier molecular flexibility index (Phi) is 3.68. The van der Waals surface area contributed by atoms with Crippen molar-refractivity contribution in [1.82, 2.24) is 19.7 Å². The van der Waals surface area contributed by atoms with E-state index in [4.69, 9.17) is 4.74 Å². The molecule has 0 bridgehead atoms. The molecule has 2 heterocycles. The quantitative estimate of drug-likeness (QED) is 0.778. The van der Waals surface area contributed by atoms with E-state index in [1.165, 1.54) is 0 Å². The number of hydrogen-bond acceptors (Lipinski definition) is 5. The summed E-state index contributed by atoms with van der Waals surface area (Å²) >= 11 is 0. The molecule has 0 aliphatic rings. The van der Waals surface area contributed by atoms with Crippen LogP contribution in [0.15, 0.2) is 36.8 Å². The summed E-state index contributed by atoms with van der Waals surface area (Å²) in [7, 11) is 1.87. The Balaban J connectivity index is 1.79. The highest BCUT2D eigenvalue weighted by molar-refractivity contribution is 5.85. The van der Waals surface area contributed by atoms with Gasteiger partial charge >= 0.3 is 0 Å². The van der Waals surface area contributed by atoms with Crippen molar-refractivity contribution in [2.75, 3.05) is 11.9 Å². The number of nitrogens with one attached hydrogen (secondary N) is 1. The molecule has 21 heavy (non-hydrogen) atoms. The van der Waals surface area contributed by atoms with Gasteiger partial charge in [0.25, 0.3) is 0 Å². The first kappa shape index (κ1) is 13.4. The van der Waals surface area contributed by atoms with Gasteiger partial charge in [0.2, 0.25) is 0 Å². The average Bonchev–Trinajstić information content (AvgIpc) is 2.88. The first-order chi connectivity index (χ1) is 10.3. The second-order valence-electron chi connectivity index (χ2n) is 4.66. The molecule has 2 aromatic heterocycles. The predicted octanol–water partition coefficient (Wildman–Crippen LogP) is 2.37. The van der Waals surface area contributed by atoms with Crippen molar-refractivity contribution >= 4 is 16.9 Å². The van der Waals surface area contributed by atoms with Crippen LogP contribution in [0.4, 0.5) is 5.82 Å². The molecule has 0 amide bonds. The first-order valence-electron chi connectivity index (χ1n) is 6.86. The summed E-state index contributed by atoms with van der Waals surface area (Å²) in [4.78, 5) is 8.51. The van der Waals surface area contributed by atoms with E-state index in [0.717, 1.165) is 28.2 Å². The van der Waals surface area contributed by atoms with Crippen molar-refractivity contribution in [2.24, 2.45) is 7.05 Å². The minimum atomic E-state index is 0.666. The van der Waals surface area contributed by atoms with Crippen LogP contribution in [0.1, 0.15) is 12.5 Å². The Morgan fingerprint density at radius 1 is 1.29 bits per heavy atom. The predicted molar refractivity (Wildman–Crippen MR) is 81.2 cm³/mol. The standard InChI is InChI=1S/C15H17N5O/c1-3-21-12-6-4-5-11(7-12)8-16-14-13-9-19-20(2)15(13)18-10-17-14/h4-7,9-10H,3,8H2,1-2H3,(H,16,17,18). The Bertz CT molecular complexity index is 753. The Morgan fingerprint density at radius 3 is 3.05 bits per heavy atom. The minimum Gasteiger partial charge on any atom is -0.494 e. The molecule has 0 radical (unpaired) electrons. The summed E-state index contributed by atoms with van der Waals surface area (Å²) in [5, 5.41) is 8.45. The molecule has 0 unspecified atom stereocenters. The number of nitrogens with zero attached hydrogens (tertiary/aromatic N) is 4. The molecule has 0 aliphatic carbocycles. The molecular formula is C15H17N5O. The van der Waals surface area contributed by atoms with Gasteiger partial charge in [0, 0.05) is 13.6 Å². The Morgan fingerprint density at radius 2 is 2.19 bits per heavy atom. The maximum atomic E-state index is 5.51. The van der Waals surface area contributed by atoms with E-state index in [1.807, 2.05) is 32.2 Å². The normalized spacial score (nSPS) is 10.8. The van der Waals surface area contributed by atoms with Crippen LogP contribution in [0.2, 0.25) is 0 Å². The zero-order chi connectivity index (χ0) is 14.7. The van der Waals surface area contributed by atoms with Gasteiger partial charge in [-0.2, -0.15) is 5.10 Å². The molecule has 0 saturated heterocycles. The fourth-order valence-corrected chi connectivity index (χ4v) is 2.20. The highest BCUT2D eigenvalue weighted by Gasteiger charge is 2.07. The largest absolute Gasteiger partial charge is 0.494 e. The van der Waals surface area contributed by atoms with E-state index in [9.17, 15) is 0 Å². The molecule has 6 nitrogen and oxygen atoms in total. The smallest absolute Gasteiger partial charge is 0.163 e. The molecule has 0 atom stereocenters. The second kappa shape index (κ2) is 5.78. The maximum Gasteiger partial charge on any atom is 0.163 e. The summed E-state index contributed by atoms with van der Waals surface area (Å²) in [5.74, 6) is 1.67. The van der Waals surface area contributed by atoms with Crippen molar-refractivity contribution < 1.29 is 4.74 Å². The van der Waals surface area contributed by atoms with E-state index >= 15 is 0 Å². The van der Waals surface area contributed by atoms with Gasteiger partial charge in [0.15, 0.2) is 5.65 Å². The lowest BCUT2D eigenvalue weighted by molar-refractivity contribution is 0.340. The van der Waals surface area contributed by atoms with Crippen LogP contribution >= 0.6 is 0 Å². The van der Waals surface area contributed by atoms with Crippen LogP contribution in [0, 0.1) is 0 Å². The molecule has 6 heteroatoms. The summed E-state index contributed by atoms with van der Waals surface area (Å²) in [6.45, 7) is 3.31. The average molecular weight is 283 g/mol. The van der Waals surface area contributed by atoms with Crippen molar-refractivity contribution in [3.05, 3.63) is 42.4 Å². The first-order valence-corrected chi connectivity index (χ1v) is 6.86. The summed E-state index contributed by atoms with van der Waals surface area (Å²) in [6, 6.07) is 8.02. The lowest BCUT2D eigenvalue weighted by Gasteiger charge is -2.08. The van der Waals surface area contributed by atoms with Crippen molar-refractivity contribution in [1.29, 1.82) is 0 Å². The Labute approximate surface area is 122 Å². The second-order valence-corrected chi connectivity index (χ2v) is 4.66. The molecule has 3 rings (SSSR count). The lowest BCUT2D eigenvalue weighted by Crippen LogP contribution is -2.03. The molecule has 0 aliphatic heterocycles. The third-order valence-electron chi connectivity index (χ3n) is 3.20. The van der Waals surface area contributed by atoms with Crippen LogP contribution < -0.4 is 10.1 Å². The summed E-state index contributed by atoms with van der Waals surface area (Å²) in [5.41, 5.74) is 1.95. The number of aryl methyl sites for hydroxylation is 1. The van der Waals surface area contributed by atoms with Crippen LogP contribution in [0.25, 0.3) is 11.0 Å². The maximum absolute atomic E-state index is 5.51. The number of ether oxygens (including phenoxy) is 1. The topological polar surface area (TPSA) is 64.9 Å². The van der Waals surface area contributed by atoms with Crippen molar-refractivity contribution in [2.45, 2.75) is 13.5 Å². The SMILES string of the molecule is CCOc1cccc(CNc2ncnc3c2cnn3C)c1. The molecule has 108 valence electrons. The summed E-state index contributed by atoms with van der Waals surface area (Å²) < 4.78 is 7.24. The van der Waals surface area contributed by atoms with E-state index in [-0.39, 0.29) is 0 Å². The number of fused-ring (bicyclic) bond motifs is 1. The van der Waals surface area contributed by atoms with Gasteiger partial charge in [-0.05, 0) is 24.6 Å². The van der Waals surface area contributed by atoms with E-state index < -0.39 is 0 Å². The Hall–Kier alpha value is -2.63. The minimum absolute atomic E-state index is 0.666. The number of benzene rings is 1. The number of rotatable bonds is 5. The molecule has 0 fully saturated rings. The van der Waals surface area contributed by atoms with Gasteiger partial charge in [-0.1, -0.05) is 12.1 Å².